The van der Waals surface area contributed by atoms with E-state index in [1.807, 2.05) is 13.8 Å². The summed E-state index contributed by atoms with van der Waals surface area (Å²) in [5.74, 6) is -0.679. The number of rotatable bonds is 7. The van der Waals surface area contributed by atoms with Gasteiger partial charge in [-0.15, -0.1) is 0 Å². The van der Waals surface area contributed by atoms with E-state index in [9.17, 15) is 19.7 Å². The number of primary amides is 1. The van der Waals surface area contributed by atoms with Crippen LogP contribution in [0.3, 0.4) is 0 Å². The first kappa shape index (κ1) is 16.4. The SMILES string of the molecule is CC(C)CNC(=O)CNc1cc(C(N)=O)ccc1[N+](=O)[O-]. The summed E-state index contributed by atoms with van der Waals surface area (Å²) in [6, 6.07) is 3.70. The van der Waals surface area contributed by atoms with Crippen molar-refractivity contribution in [1.82, 2.24) is 5.32 Å². The molecule has 0 aliphatic heterocycles. The zero-order valence-corrected chi connectivity index (χ0v) is 11.9. The first-order valence-electron chi connectivity index (χ1n) is 6.40. The zero-order valence-electron chi connectivity index (χ0n) is 11.9. The minimum atomic E-state index is -0.697. The minimum absolute atomic E-state index is 0.0796. The normalized spacial score (nSPS) is 10.2. The minimum Gasteiger partial charge on any atom is -0.371 e. The zero-order chi connectivity index (χ0) is 16.0. The van der Waals surface area contributed by atoms with Gasteiger partial charge in [0.1, 0.15) is 5.69 Å². The lowest BCUT2D eigenvalue weighted by Crippen LogP contribution is -2.32. The van der Waals surface area contributed by atoms with E-state index in [1.165, 1.54) is 18.2 Å². The van der Waals surface area contributed by atoms with Gasteiger partial charge in [-0.25, -0.2) is 0 Å². The molecule has 0 saturated heterocycles. The summed E-state index contributed by atoms with van der Waals surface area (Å²) < 4.78 is 0. The number of carbonyl (C=O) groups is 2. The van der Waals surface area contributed by atoms with Gasteiger partial charge in [0.15, 0.2) is 0 Å². The van der Waals surface area contributed by atoms with Crippen molar-refractivity contribution < 1.29 is 14.5 Å². The maximum Gasteiger partial charge on any atom is 0.292 e. The molecule has 4 N–H and O–H groups in total. The van der Waals surface area contributed by atoms with Crippen molar-refractivity contribution in [1.29, 1.82) is 0 Å². The number of nitro groups is 1. The smallest absolute Gasteiger partial charge is 0.292 e. The molecule has 114 valence electrons. The number of nitrogens with two attached hydrogens (primary N) is 1. The van der Waals surface area contributed by atoms with Crippen LogP contribution in [0.1, 0.15) is 24.2 Å². The fraction of sp³-hybridized carbons (Fsp3) is 0.385. The Morgan fingerprint density at radius 3 is 2.57 bits per heavy atom. The van der Waals surface area contributed by atoms with Crippen molar-refractivity contribution in [2.24, 2.45) is 11.7 Å². The Morgan fingerprint density at radius 1 is 1.38 bits per heavy atom. The van der Waals surface area contributed by atoms with Gasteiger partial charge in [-0.1, -0.05) is 13.8 Å². The molecular formula is C13H18N4O4. The van der Waals surface area contributed by atoms with Gasteiger partial charge in [0.05, 0.1) is 11.5 Å². The fourth-order valence-corrected chi connectivity index (χ4v) is 1.55. The summed E-state index contributed by atoms with van der Waals surface area (Å²) in [5.41, 5.74) is 5.11. The molecule has 2 amide bonds. The Hall–Kier alpha value is -2.64. The molecule has 0 unspecified atom stereocenters. The van der Waals surface area contributed by atoms with Crippen LogP contribution in [-0.4, -0.2) is 29.8 Å². The molecular weight excluding hydrogens is 276 g/mol. The molecule has 0 aliphatic rings. The lowest BCUT2D eigenvalue weighted by Gasteiger charge is -2.10. The van der Waals surface area contributed by atoms with Crippen molar-refractivity contribution in [3.8, 4) is 0 Å². The van der Waals surface area contributed by atoms with Gasteiger partial charge in [0, 0.05) is 18.2 Å². The molecule has 8 heteroatoms. The molecule has 0 saturated carbocycles. The Bertz CT molecular complexity index is 557. The molecule has 0 radical (unpaired) electrons. The van der Waals surface area contributed by atoms with E-state index < -0.39 is 10.8 Å². The van der Waals surface area contributed by atoms with Crippen LogP contribution in [0, 0.1) is 16.0 Å². The van der Waals surface area contributed by atoms with E-state index in [2.05, 4.69) is 10.6 Å². The third-order valence-electron chi connectivity index (χ3n) is 2.62. The average Bonchev–Trinajstić information content (AvgIpc) is 2.42. The predicted molar refractivity (Wildman–Crippen MR) is 78.0 cm³/mol. The summed E-state index contributed by atoms with van der Waals surface area (Å²) in [5, 5.41) is 16.2. The van der Waals surface area contributed by atoms with Gasteiger partial charge in [-0.2, -0.15) is 0 Å². The number of nitro benzene ring substituents is 1. The quantitative estimate of drug-likeness (QED) is 0.508. The molecule has 0 atom stereocenters. The summed E-state index contributed by atoms with van der Waals surface area (Å²) in [4.78, 5) is 33.0. The predicted octanol–water partition coefficient (Wildman–Crippen LogP) is 0.878. The third kappa shape index (κ3) is 5.09. The van der Waals surface area contributed by atoms with Crippen LogP contribution in [0.15, 0.2) is 18.2 Å². The first-order valence-corrected chi connectivity index (χ1v) is 6.40. The summed E-state index contributed by atoms with van der Waals surface area (Å²) >= 11 is 0. The number of hydrogen-bond acceptors (Lipinski definition) is 5. The Kier molecular flexibility index (Phi) is 5.65. The third-order valence-corrected chi connectivity index (χ3v) is 2.62. The largest absolute Gasteiger partial charge is 0.371 e. The van der Waals surface area contributed by atoms with Gasteiger partial charge >= 0.3 is 0 Å². The van der Waals surface area contributed by atoms with Crippen molar-refractivity contribution in [3.05, 3.63) is 33.9 Å². The highest BCUT2D eigenvalue weighted by Crippen LogP contribution is 2.25. The highest BCUT2D eigenvalue weighted by atomic mass is 16.6. The summed E-state index contributed by atoms with van der Waals surface area (Å²) in [6.45, 7) is 4.30. The molecule has 0 heterocycles. The van der Waals surface area contributed by atoms with Crippen molar-refractivity contribution in [2.45, 2.75) is 13.8 Å². The molecule has 0 fully saturated rings. The van der Waals surface area contributed by atoms with Crippen molar-refractivity contribution in [2.75, 3.05) is 18.4 Å². The fourth-order valence-electron chi connectivity index (χ4n) is 1.55. The molecule has 8 nitrogen and oxygen atoms in total. The molecule has 0 bridgehead atoms. The number of nitrogens with one attached hydrogen (secondary N) is 2. The number of carbonyl (C=O) groups excluding carboxylic acids is 2. The lowest BCUT2D eigenvalue weighted by atomic mass is 10.1. The van der Waals surface area contributed by atoms with Gasteiger partial charge in [-0.05, 0) is 18.1 Å². The van der Waals surface area contributed by atoms with Crippen LogP contribution in [-0.2, 0) is 4.79 Å². The summed E-state index contributed by atoms with van der Waals surface area (Å²) in [6.07, 6.45) is 0. The number of anilines is 1. The Balaban J connectivity index is 2.80. The molecule has 0 spiro atoms. The Morgan fingerprint density at radius 2 is 2.05 bits per heavy atom. The molecule has 21 heavy (non-hydrogen) atoms. The summed E-state index contributed by atoms with van der Waals surface area (Å²) in [7, 11) is 0. The van der Waals surface area contributed by atoms with Crippen molar-refractivity contribution >= 4 is 23.2 Å². The van der Waals surface area contributed by atoms with Gasteiger partial charge in [0.25, 0.3) is 5.69 Å². The van der Waals surface area contributed by atoms with Crippen LogP contribution in [0.5, 0.6) is 0 Å². The first-order chi connectivity index (χ1) is 9.81. The number of benzene rings is 1. The lowest BCUT2D eigenvalue weighted by molar-refractivity contribution is -0.383. The maximum absolute atomic E-state index is 11.6. The standard InChI is InChI=1S/C13H18N4O4/c1-8(2)6-16-12(18)7-15-10-5-9(13(14)19)3-4-11(10)17(20)21/h3-5,8,15H,6-7H2,1-2H3,(H2,14,19)(H,16,18). The maximum atomic E-state index is 11.6. The van der Waals surface area contributed by atoms with E-state index >= 15 is 0 Å². The second-order valence-corrected chi connectivity index (χ2v) is 4.90. The topological polar surface area (TPSA) is 127 Å². The monoisotopic (exact) mass is 294 g/mol. The van der Waals surface area contributed by atoms with Crippen LogP contribution in [0.2, 0.25) is 0 Å². The number of amides is 2. The average molecular weight is 294 g/mol. The molecule has 1 aromatic carbocycles. The highest BCUT2D eigenvalue weighted by molar-refractivity contribution is 5.95. The van der Waals surface area contributed by atoms with Gasteiger partial charge in [-0.3, -0.25) is 19.7 Å². The van der Waals surface area contributed by atoms with Crippen LogP contribution < -0.4 is 16.4 Å². The second kappa shape index (κ2) is 7.22. The van der Waals surface area contributed by atoms with Gasteiger partial charge in [0.2, 0.25) is 11.8 Å². The van der Waals surface area contributed by atoms with E-state index in [0.717, 1.165) is 0 Å². The van der Waals surface area contributed by atoms with Gasteiger partial charge < -0.3 is 16.4 Å². The van der Waals surface area contributed by atoms with E-state index in [0.29, 0.717) is 12.5 Å². The Labute approximate surface area is 121 Å². The molecule has 1 aromatic rings. The van der Waals surface area contributed by atoms with Crippen molar-refractivity contribution in [3.63, 3.8) is 0 Å². The van der Waals surface area contributed by atoms with E-state index in [4.69, 9.17) is 5.73 Å². The number of hydrogen-bond donors (Lipinski definition) is 3. The van der Waals surface area contributed by atoms with Crippen LogP contribution >= 0.6 is 0 Å². The second-order valence-electron chi connectivity index (χ2n) is 4.90. The molecule has 0 aliphatic carbocycles. The number of nitrogens with zero attached hydrogens (tertiary/aromatic N) is 1. The molecule has 1 rings (SSSR count). The van der Waals surface area contributed by atoms with Crippen LogP contribution in [0.4, 0.5) is 11.4 Å². The van der Waals surface area contributed by atoms with E-state index in [1.54, 1.807) is 0 Å². The highest BCUT2D eigenvalue weighted by Gasteiger charge is 2.16. The van der Waals surface area contributed by atoms with Crippen LogP contribution in [0.25, 0.3) is 0 Å². The van der Waals surface area contributed by atoms with E-state index in [-0.39, 0.29) is 29.4 Å². The molecule has 0 aromatic heterocycles.